The van der Waals surface area contributed by atoms with Gasteiger partial charge in [0.15, 0.2) is 0 Å². The van der Waals surface area contributed by atoms with E-state index in [1.54, 1.807) is 18.2 Å². The summed E-state index contributed by atoms with van der Waals surface area (Å²) in [7, 11) is 2.13. The van der Waals surface area contributed by atoms with Gasteiger partial charge in [0.2, 0.25) is 0 Å². The molecule has 1 aliphatic rings. The topological polar surface area (TPSA) is 69.4 Å². The summed E-state index contributed by atoms with van der Waals surface area (Å²) in [5.74, 6) is 0.299. The van der Waals surface area contributed by atoms with Gasteiger partial charge in [0.25, 0.3) is 5.91 Å². The van der Waals surface area contributed by atoms with Crippen LogP contribution in [-0.2, 0) is 6.42 Å². The monoisotopic (exact) mass is 544 g/mol. The van der Waals surface area contributed by atoms with Crippen molar-refractivity contribution in [1.29, 1.82) is 0 Å². The summed E-state index contributed by atoms with van der Waals surface area (Å²) in [4.78, 5) is 19.0. The van der Waals surface area contributed by atoms with Crippen LogP contribution in [0.15, 0.2) is 65.9 Å². The molecule has 0 unspecified atom stereocenters. The Morgan fingerprint density at radius 2 is 1.80 bits per heavy atom. The number of amides is 1. The number of nitrogens with zero attached hydrogens (tertiary/aromatic N) is 1. The van der Waals surface area contributed by atoms with Crippen LogP contribution in [-0.4, -0.2) is 42.0 Å². The molecule has 0 radical (unpaired) electrons. The molecule has 3 aromatic rings. The quantitative estimate of drug-likeness (QED) is 0.230. The van der Waals surface area contributed by atoms with E-state index in [4.69, 9.17) is 4.74 Å². The summed E-state index contributed by atoms with van der Waals surface area (Å²) in [5, 5.41) is 6.37. The summed E-state index contributed by atoms with van der Waals surface area (Å²) in [6.45, 7) is 10.2. The number of ether oxygens (including phenoxy) is 1. The van der Waals surface area contributed by atoms with Gasteiger partial charge in [-0.3, -0.25) is 4.79 Å². The van der Waals surface area contributed by atoms with E-state index in [2.05, 4.69) is 41.4 Å². The van der Waals surface area contributed by atoms with Gasteiger partial charge in [0.1, 0.15) is 17.7 Å². The van der Waals surface area contributed by atoms with Crippen LogP contribution in [0.4, 0.5) is 15.8 Å². The summed E-state index contributed by atoms with van der Waals surface area (Å²) >= 11 is 0. The van der Waals surface area contributed by atoms with Crippen LogP contribution < -0.4 is 15.4 Å². The third-order valence-electron chi connectivity index (χ3n) is 7.54. The van der Waals surface area contributed by atoms with E-state index in [1.807, 2.05) is 50.3 Å². The fraction of sp³-hybridized carbons (Fsp3) is 0.364. The molecule has 6 nitrogen and oxygen atoms in total. The first-order valence-electron chi connectivity index (χ1n) is 14.2. The number of nitrogens with one attached hydrogen (secondary N) is 3. The molecular formula is C33H41FN4O2. The van der Waals surface area contributed by atoms with Gasteiger partial charge in [-0.05, 0) is 95.1 Å². The van der Waals surface area contributed by atoms with Gasteiger partial charge in [-0.1, -0.05) is 31.6 Å². The minimum Gasteiger partial charge on any atom is -0.490 e. The summed E-state index contributed by atoms with van der Waals surface area (Å²) in [6, 6.07) is 14.0. The predicted molar refractivity (Wildman–Crippen MR) is 162 cm³/mol. The minimum atomic E-state index is -0.306. The minimum absolute atomic E-state index is 0.181. The van der Waals surface area contributed by atoms with Crippen molar-refractivity contribution >= 4 is 23.4 Å². The Labute approximate surface area is 237 Å². The molecule has 3 N–H and O–H groups in total. The second-order valence-electron chi connectivity index (χ2n) is 10.5. The number of halogens is 1. The highest BCUT2D eigenvalue weighted by Gasteiger charge is 2.19. The first-order valence-corrected chi connectivity index (χ1v) is 14.2. The van der Waals surface area contributed by atoms with Crippen LogP contribution in [0, 0.1) is 12.7 Å². The highest BCUT2D eigenvalue weighted by atomic mass is 19.1. The van der Waals surface area contributed by atoms with Crippen LogP contribution in [0.3, 0.4) is 0 Å². The molecule has 0 spiro atoms. The van der Waals surface area contributed by atoms with E-state index in [-0.39, 0.29) is 17.8 Å². The number of likely N-dealkylation sites (tertiary alicyclic amines) is 1. The van der Waals surface area contributed by atoms with Crippen molar-refractivity contribution in [3.05, 3.63) is 94.2 Å². The molecule has 4 rings (SSSR count). The van der Waals surface area contributed by atoms with Crippen LogP contribution in [0.25, 0.3) is 6.08 Å². The molecule has 0 saturated carbocycles. The predicted octanol–water partition coefficient (Wildman–Crippen LogP) is 7.56. The van der Waals surface area contributed by atoms with E-state index in [0.29, 0.717) is 11.3 Å². The lowest BCUT2D eigenvalue weighted by molar-refractivity contribution is 0.102. The van der Waals surface area contributed by atoms with Gasteiger partial charge in [-0.25, -0.2) is 4.39 Å². The van der Waals surface area contributed by atoms with E-state index in [0.717, 1.165) is 78.4 Å². The van der Waals surface area contributed by atoms with E-state index < -0.39 is 0 Å². The van der Waals surface area contributed by atoms with Gasteiger partial charge in [-0.15, -0.1) is 0 Å². The normalized spacial score (nSPS) is 15.2. The lowest BCUT2D eigenvalue weighted by Gasteiger charge is -2.29. The Morgan fingerprint density at radius 3 is 2.45 bits per heavy atom. The summed E-state index contributed by atoms with van der Waals surface area (Å²) in [6.07, 6.45) is 7.70. The van der Waals surface area contributed by atoms with Crippen molar-refractivity contribution < 1.29 is 13.9 Å². The molecule has 0 atom stereocenters. The number of carbonyl (C=O) groups is 1. The number of piperidine rings is 1. The highest BCUT2D eigenvalue weighted by Crippen LogP contribution is 2.29. The average molecular weight is 545 g/mol. The van der Waals surface area contributed by atoms with Crippen molar-refractivity contribution in [2.75, 3.05) is 30.8 Å². The Bertz CT molecular complexity index is 1370. The van der Waals surface area contributed by atoms with Crippen molar-refractivity contribution in [2.45, 2.75) is 59.5 Å². The smallest absolute Gasteiger partial charge is 0.255 e. The van der Waals surface area contributed by atoms with Gasteiger partial charge in [-0.2, -0.15) is 0 Å². The fourth-order valence-electron chi connectivity index (χ4n) is 4.84. The number of anilines is 2. The number of rotatable bonds is 10. The maximum atomic E-state index is 14.3. The maximum Gasteiger partial charge on any atom is 0.255 e. The Hall–Kier alpha value is -3.84. The van der Waals surface area contributed by atoms with E-state index in [9.17, 15) is 9.18 Å². The summed E-state index contributed by atoms with van der Waals surface area (Å²) in [5.41, 5.74) is 6.45. The number of aromatic amines is 1. The molecular weight excluding hydrogens is 503 g/mol. The molecule has 1 aliphatic heterocycles. The second-order valence-corrected chi connectivity index (χ2v) is 10.5. The number of aromatic nitrogens is 1. The first-order chi connectivity index (χ1) is 19.3. The molecule has 2 aromatic carbocycles. The zero-order valence-electron chi connectivity index (χ0n) is 24.2. The van der Waals surface area contributed by atoms with Crippen LogP contribution in [0.1, 0.15) is 67.3 Å². The molecule has 40 heavy (non-hydrogen) atoms. The Kier molecular flexibility index (Phi) is 9.83. The number of hydrogen-bond acceptors (Lipinski definition) is 4. The number of aryl methyl sites for hydroxylation is 2. The van der Waals surface area contributed by atoms with Gasteiger partial charge >= 0.3 is 0 Å². The number of H-pyrrole nitrogens is 1. The fourth-order valence-corrected chi connectivity index (χ4v) is 4.84. The van der Waals surface area contributed by atoms with Crippen molar-refractivity contribution in [3.63, 3.8) is 0 Å². The molecule has 1 fully saturated rings. The largest absolute Gasteiger partial charge is 0.490 e. The molecule has 212 valence electrons. The molecule has 2 heterocycles. The zero-order valence-corrected chi connectivity index (χ0v) is 24.2. The number of carbonyl (C=O) groups excluding carboxylic acids is 1. The maximum absolute atomic E-state index is 14.3. The lowest BCUT2D eigenvalue weighted by atomic mass is 10.1. The number of hydrogen-bond donors (Lipinski definition) is 3. The van der Waals surface area contributed by atoms with Crippen molar-refractivity contribution in [2.24, 2.45) is 0 Å². The van der Waals surface area contributed by atoms with Crippen molar-refractivity contribution in [3.8, 4) is 5.75 Å². The first kappa shape index (κ1) is 29.2. The summed E-state index contributed by atoms with van der Waals surface area (Å²) < 4.78 is 20.5. The van der Waals surface area contributed by atoms with Crippen LogP contribution >= 0.6 is 0 Å². The Balaban J connectivity index is 1.52. The van der Waals surface area contributed by atoms with Gasteiger partial charge in [0, 0.05) is 41.3 Å². The van der Waals surface area contributed by atoms with E-state index >= 15 is 0 Å². The average Bonchev–Trinajstić information content (AvgIpc) is 3.26. The third-order valence-corrected chi connectivity index (χ3v) is 7.54. The lowest BCUT2D eigenvalue weighted by Crippen LogP contribution is -2.35. The molecule has 0 aliphatic carbocycles. The molecule has 7 heteroatoms. The molecule has 1 saturated heterocycles. The van der Waals surface area contributed by atoms with Gasteiger partial charge < -0.3 is 25.3 Å². The molecule has 1 aromatic heterocycles. The third kappa shape index (κ3) is 7.21. The van der Waals surface area contributed by atoms with E-state index in [1.165, 1.54) is 6.07 Å². The number of benzene rings is 2. The molecule has 0 bridgehead atoms. The second kappa shape index (κ2) is 13.5. The van der Waals surface area contributed by atoms with Crippen LogP contribution in [0.5, 0.6) is 5.75 Å². The Morgan fingerprint density at radius 1 is 1.10 bits per heavy atom. The molecule has 1 amide bonds. The number of allylic oxidation sites excluding steroid dienone is 2. The highest BCUT2D eigenvalue weighted by molar-refractivity contribution is 6.06. The van der Waals surface area contributed by atoms with Crippen molar-refractivity contribution in [1.82, 2.24) is 9.88 Å². The zero-order chi connectivity index (χ0) is 28.6. The number of para-hydroxylation sites is 1. The SMILES string of the molecule is CCC(C)=C(/C=C\c1c(C)[nH]c(CC)c1NC(=O)c1ccc(OC2CCN(C)CC2)cc1)Nc1ccccc1F. The standard InChI is InChI=1S/C33H41FN4O2/c1-6-22(3)30(36-31-11-9-8-10-28(31)34)17-16-27-23(4)35-29(7-2)32(27)37-33(39)24-12-14-25(15-13-24)40-26-18-20-38(5)21-19-26/h8-17,26,35-36H,6-7,18-21H2,1-5H3,(H,37,39)/b17-16-,30-22?. The van der Waals surface area contributed by atoms with Crippen LogP contribution in [0.2, 0.25) is 0 Å². The van der Waals surface area contributed by atoms with Gasteiger partial charge in [0.05, 0.1) is 11.4 Å².